The SMILES string of the molecule is COC(=O)C(N)Cc1ccccc1.[Cl-]. The molecule has 0 aliphatic heterocycles. The average molecular weight is 215 g/mol. The van der Waals surface area contributed by atoms with Crippen molar-refractivity contribution in [2.45, 2.75) is 12.5 Å². The summed E-state index contributed by atoms with van der Waals surface area (Å²) in [5, 5.41) is 0. The third kappa shape index (κ3) is 3.77. The van der Waals surface area contributed by atoms with Crippen LogP contribution in [0.3, 0.4) is 0 Å². The van der Waals surface area contributed by atoms with Crippen molar-refractivity contribution < 1.29 is 21.9 Å². The molecule has 1 unspecified atom stereocenters. The van der Waals surface area contributed by atoms with Gasteiger partial charge in [-0.15, -0.1) is 0 Å². The second-order valence-corrected chi connectivity index (χ2v) is 2.82. The van der Waals surface area contributed by atoms with Crippen molar-refractivity contribution in [3.63, 3.8) is 0 Å². The van der Waals surface area contributed by atoms with Gasteiger partial charge in [-0.25, -0.2) is 0 Å². The molecule has 1 atom stereocenters. The highest BCUT2D eigenvalue weighted by molar-refractivity contribution is 5.75. The Morgan fingerprint density at radius 2 is 2.00 bits per heavy atom. The Bertz CT molecular complexity index is 277. The summed E-state index contributed by atoms with van der Waals surface area (Å²) < 4.78 is 4.52. The average Bonchev–Trinajstić information content (AvgIpc) is 2.18. The number of carbonyl (C=O) groups excluding carboxylic acids is 1. The van der Waals surface area contributed by atoms with Crippen LogP contribution in [-0.2, 0) is 16.0 Å². The van der Waals surface area contributed by atoms with Crippen LogP contribution in [-0.4, -0.2) is 19.1 Å². The molecule has 3 nitrogen and oxygen atoms in total. The molecule has 0 aliphatic rings. The molecule has 14 heavy (non-hydrogen) atoms. The van der Waals surface area contributed by atoms with Gasteiger partial charge < -0.3 is 22.9 Å². The Morgan fingerprint density at radius 1 is 1.43 bits per heavy atom. The molecule has 0 saturated heterocycles. The van der Waals surface area contributed by atoms with E-state index in [0.29, 0.717) is 6.42 Å². The molecule has 0 spiro atoms. The summed E-state index contributed by atoms with van der Waals surface area (Å²) in [6.07, 6.45) is 0.521. The first kappa shape index (κ1) is 12.9. The van der Waals surface area contributed by atoms with E-state index in [2.05, 4.69) is 4.74 Å². The summed E-state index contributed by atoms with van der Waals surface area (Å²) in [7, 11) is 1.34. The number of carbonyl (C=O) groups is 1. The number of halogens is 1. The van der Waals surface area contributed by atoms with Gasteiger partial charge in [0.2, 0.25) is 0 Å². The fraction of sp³-hybridized carbons (Fsp3) is 0.300. The highest BCUT2D eigenvalue weighted by Gasteiger charge is 2.13. The smallest absolute Gasteiger partial charge is 0.322 e. The zero-order valence-corrected chi connectivity index (χ0v) is 8.70. The van der Waals surface area contributed by atoms with Crippen LogP contribution >= 0.6 is 0 Å². The third-order valence-electron chi connectivity index (χ3n) is 1.80. The first-order valence-electron chi connectivity index (χ1n) is 4.11. The molecule has 0 aliphatic carbocycles. The fourth-order valence-corrected chi connectivity index (χ4v) is 1.10. The summed E-state index contributed by atoms with van der Waals surface area (Å²) >= 11 is 0. The van der Waals surface area contributed by atoms with Gasteiger partial charge in [-0.3, -0.25) is 4.79 Å². The van der Waals surface area contributed by atoms with E-state index in [1.807, 2.05) is 30.3 Å². The molecule has 1 rings (SSSR count). The highest BCUT2D eigenvalue weighted by Crippen LogP contribution is 2.02. The number of hydrogen-bond acceptors (Lipinski definition) is 3. The summed E-state index contributed by atoms with van der Waals surface area (Å²) in [4.78, 5) is 11.0. The molecule has 2 N–H and O–H groups in total. The van der Waals surface area contributed by atoms with E-state index in [1.54, 1.807) is 0 Å². The summed E-state index contributed by atoms with van der Waals surface area (Å²) in [5.41, 5.74) is 6.63. The van der Waals surface area contributed by atoms with E-state index < -0.39 is 6.04 Å². The number of ether oxygens (including phenoxy) is 1. The van der Waals surface area contributed by atoms with E-state index in [-0.39, 0.29) is 18.4 Å². The van der Waals surface area contributed by atoms with Crippen LogP contribution in [0.5, 0.6) is 0 Å². The molecule has 1 aromatic rings. The van der Waals surface area contributed by atoms with E-state index in [4.69, 9.17) is 5.73 Å². The van der Waals surface area contributed by atoms with Gasteiger partial charge in [-0.1, -0.05) is 30.3 Å². The van der Waals surface area contributed by atoms with Gasteiger partial charge in [0.15, 0.2) is 0 Å². The number of esters is 1. The summed E-state index contributed by atoms with van der Waals surface area (Å²) in [5.74, 6) is -0.371. The van der Waals surface area contributed by atoms with Gasteiger partial charge in [0.25, 0.3) is 0 Å². The minimum absolute atomic E-state index is 0. The minimum Gasteiger partial charge on any atom is -1.00 e. The summed E-state index contributed by atoms with van der Waals surface area (Å²) in [6, 6.07) is 9.06. The number of hydrogen-bond donors (Lipinski definition) is 1. The van der Waals surface area contributed by atoms with Gasteiger partial charge in [-0.05, 0) is 12.0 Å². The van der Waals surface area contributed by atoms with E-state index >= 15 is 0 Å². The molecule has 78 valence electrons. The molecule has 0 fully saturated rings. The maximum Gasteiger partial charge on any atom is 0.322 e. The van der Waals surface area contributed by atoms with Gasteiger partial charge >= 0.3 is 5.97 Å². The molecule has 0 aromatic heterocycles. The molecular weight excluding hydrogens is 202 g/mol. The highest BCUT2D eigenvalue weighted by atomic mass is 35.5. The lowest BCUT2D eigenvalue weighted by atomic mass is 10.1. The Kier molecular flexibility index (Phi) is 5.92. The first-order chi connectivity index (χ1) is 6.24. The van der Waals surface area contributed by atoms with E-state index in [0.717, 1.165) is 5.56 Å². The van der Waals surface area contributed by atoms with Gasteiger partial charge in [0.1, 0.15) is 6.04 Å². The quantitative estimate of drug-likeness (QED) is 0.578. The number of rotatable bonds is 3. The van der Waals surface area contributed by atoms with Crippen molar-refractivity contribution in [1.82, 2.24) is 0 Å². The lowest BCUT2D eigenvalue weighted by molar-refractivity contribution is -0.142. The van der Waals surface area contributed by atoms with Crippen LogP contribution in [0.15, 0.2) is 30.3 Å². The van der Waals surface area contributed by atoms with Crippen molar-refractivity contribution in [3.05, 3.63) is 35.9 Å². The van der Waals surface area contributed by atoms with E-state index in [9.17, 15) is 4.79 Å². The standard InChI is InChI=1S/C10H13NO2.ClH/c1-13-10(12)9(11)7-8-5-3-2-4-6-8;/h2-6,9H,7,11H2,1H3;1H/p-1. The molecule has 0 saturated carbocycles. The minimum atomic E-state index is -0.563. The predicted octanol–water partition coefficient (Wildman–Crippen LogP) is -2.27. The number of benzene rings is 1. The molecule has 0 heterocycles. The largest absolute Gasteiger partial charge is 1.00 e. The lowest BCUT2D eigenvalue weighted by Crippen LogP contribution is -3.00. The van der Waals surface area contributed by atoms with Gasteiger partial charge in [0, 0.05) is 0 Å². The third-order valence-corrected chi connectivity index (χ3v) is 1.80. The Hall–Kier alpha value is -1.06. The Balaban J connectivity index is 0.00000169. The molecule has 0 amide bonds. The zero-order valence-electron chi connectivity index (χ0n) is 7.94. The second-order valence-electron chi connectivity index (χ2n) is 2.82. The Morgan fingerprint density at radius 3 is 2.50 bits per heavy atom. The maximum absolute atomic E-state index is 11.0. The topological polar surface area (TPSA) is 52.3 Å². The maximum atomic E-state index is 11.0. The van der Waals surface area contributed by atoms with Crippen LogP contribution in [0.2, 0.25) is 0 Å². The van der Waals surface area contributed by atoms with Crippen molar-refractivity contribution in [2.24, 2.45) is 5.73 Å². The Labute approximate surface area is 89.7 Å². The first-order valence-corrected chi connectivity index (χ1v) is 4.11. The van der Waals surface area contributed by atoms with Crippen LogP contribution in [0.25, 0.3) is 0 Å². The molecule has 0 radical (unpaired) electrons. The van der Waals surface area contributed by atoms with Gasteiger partial charge in [0.05, 0.1) is 7.11 Å². The van der Waals surface area contributed by atoms with Crippen molar-refractivity contribution >= 4 is 5.97 Å². The lowest BCUT2D eigenvalue weighted by Gasteiger charge is -2.08. The molecule has 4 heteroatoms. The number of methoxy groups -OCH3 is 1. The second kappa shape index (κ2) is 6.40. The predicted molar refractivity (Wildman–Crippen MR) is 50.1 cm³/mol. The normalized spacial score (nSPS) is 11.3. The van der Waals surface area contributed by atoms with Crippen molar-refractivity contribution in [3.8, 4) is 0 Å². The van der Waals surface area contributed by atoms with E-state index in [1.165, 1.54) is 7.11 Å². The molecule has 0 bridgehead atoms. The monoisotopic (exact) mass is 214 g/mol. The fourth-order valence-electron chi connectivity index (χ4n) is 1.10. The zero-order chi connectivity index (χ0) is 9.68. The molecule has 1 aromatic carbocycles. The van der Waals surface area contributed by atoms with Crippen molar-refractivity contribution in [1.29, 1.82) is 0 Å². The van der Waals surface area contributed by atoms with Crippen molar-refractivity contribution in [2.75, 3.05) is 7.11 Å². The van der Waals surface area contributed by atoms with Crippen LogP contribution in [0.1, 0.15) is 5.56 Å². The molecular formula is C10H13ClNO2-. The van der Waals surface area contributed by atoms with Crippen LogP contribution in [0.4, 0.5) is 0 Å². The van der Waals surface area contributed by atoms with Crippen LogP contribution in [0, 0.1) is 0 Å². The van der Waals surface area contributed by atoms with Gasteiger partial charge in [-0.2, -0.15) is 0 Å². The van der Waals surface area contributed by atoms with Crippen LogP contribution < -0.4 is 18.1 Å². The number of nitrogens with two attached hydrogens (primary N) is 1. The summed E-state index contributed by atoms with van der Waals surface area (Å²) in [6.45, 7) is 0.